The SMILES string of the molecule is Cc1nc(N[C@H]2CC[C@@H](CNC(=O)OCc3ccccc3)CC2)nc2ccccc12. The predicted octanol–water partition coefficient (Wildman–Crippen LogP) is 4.84. The molecule has 1 aliphatic carbocycles. The molecule has 1 saturated carbocycles. The Morgan fingerprint density at radius 2 is 1.73 bits per heavy atom. The van der Waals surface area contributed by atoms with Crippen LogP contribution in [0.1, 0.15) is 36.9 Å². The standard InChI is InChI=1S/C24H28N4O2/c1-17-21-9-5-6-10-22(21)28-23(26-17)27-20-13-11-18(12-14-20)15-25-24(29)30-16-19-7-3-2-4-8-19/h2-10,18,20H,11-16H2,1H3,(H,25,29)(H,26,27,28)/t18-,20+. The number of hydrogen-bond donors (Lipinski definition) is 2. The first-order valence-electron chi connectivity index (χ1n) is 10.6. The van der Waals surface area contributed by atoms with Gasteiger partial charge >= 0.3 is 6.09 Å². The van der Waals surface area contributed by atoms with Crippen LogP contribution in [0.4, 0.5) is 10.7 Å². The van der Waals surface area contributed by atoms with Crippen molar-refractivity contribution in [1.29, 1.82) is 0 Å². The highest BCUT2D eigenvalue weighted by Gasteiger charge is 2.22. The molecule has 1 heterocycles. The fraction of sp³-hybridized carbons (Fsp3) is 0.375. The number of hydrogen-bond acceptors (Lipinski definition) is 5. The van der Waals surface area contributed by atoms with E-state index in [1.54, 1.807) is 0 Å². The van der Waals surface area contributed by atoms with Crippen LogP contribution in [0.15, 0.2) is 54.6 Å². The van der Waals surface area contributed by atoms with Gasteiger partial charge in [-0.25, -0.2) is 14.8 Å². The van der Waals surface area contributed by atoms with Crippen molar-refractivity contribution in [3.05, 3.63) is 65.9 Å². The Bertz CT molecular complexity index is 985. The Balaban J connectivity index is 1.20. The van der Waals surface area contributed by atoms with Crippen LogP contribution >= 0.6 is 0 Å². The number of alkyl carbamates (subject to hydrolysis) is 1. The summed E-state index contributed by atoms with van der Waals surface area (Å²) in [5.74, 6) is 1.18. The number of fused-ring (bicyclic) bond motifs is 1. The van der Waals surface area contributed by atoms with E-state index in [0.717, 1.165) is 47.8 Å². The van der Waals surface area contributed by atoms with Gasteiger partial charge < -0.3 is 15.4 Å². The summed E-state index contributed by atoms with van der Waals surface area (Å²) in [6, 6.07) is 18.2. The van der Waals surface area contributed by atoms with Gasteiger partial charge in [0.05, 0.1) is 11.2 Å². The third kappa shape index (κ3) is 5.26. The molecule has 3 aromatic rings. The molecule has 30 heavy (non-hydrogen) atoms. The van der Waals surface area contributed by atoms with Gasteiger partial charge in [-0.2, -0.15) is 0 Å². The van der Waals surface area contributed by atoms with Crippen molar-refractivity contribution >= 4 is 22.9 Å². The van der Waals surface area contributed by atoms with Crippen molar-refractivity contribution in [3.8, 4) is 0 Å². The van der Waals surface area contributed by atoms with Crippen molar-refractivity contribution < 1.29 is 9.53 Å². The minimum atomic E-state index is -0.348. The van der Waals surface area contributed by atoms with Gasteiger partial charge in [0.2, 0.25) is 5.95 Å². The van der Waals surface area contributed by atoms with Gasteiger partial charge in [-0.3, -0.25) is 0 Å². The van der Waals surface area contributed by atoms with E-state index in [4.69, 9.17) is 4.74 Å². The largest absolute Gasteiger partial charge is 0.445 e. The number of anilines is 1. The first-order chi connectivity index (χ1) is 14.7. The molecule has 0 atom stereocenters. The summed E-state index contributed by atoms with van der Waals surface area (Å²) >= 11 is 0. The first kappa shape index (κ1) is 20.1. The molecule has 6 nitrogen and oxygen atoms in total. The Labute approximate surface area is 177 Å². The van der Waals surface area contributed by atoms with Crippen LogP contribution in [0.25, 0.3) is 10.9 Å². The van der Waals surface area contributed by atoms with Crippen molar-refractivity contribution in [2.24, 2.45) is 5.92 Å². The van der Waals surface area contributed by atoms with Crippen LogP contribution in [0.3, 0.4) is 0 Å². The van der Waals surface area contributed by atoms with Gasteiger partial charge in [0, 0.05) is 18.0 Å². The van der Waals surface area contributed by atoms with Crippen LogP contribution in [0.5, 0.6) is 0 Å². The van der Waals surface area contributed by atoms with Crippen molar-refractivity contribution in [1.82, 2.24) is 15.3 Å². The number of nitrogens with one attached hydrogen (secondary N) is 2. The summed E-state index contributed by atoms with van der Waals surface area (Å²) in [6.45, 7) is 2.98. The summed E-state index contributed by atoms with van der Waals surface area (Å²) in [5, 5.41) is 7.51. The zero-order valence-electron chi connectivity index (χ0n) is 17.3. The molecule has 4 rings (SSSR count). The van der Waals surface area contributed by atoms with Gasteiger partial charge in [-0.05, 0) is 50.2 Å². The maximum Gasteiger partial charge on any atom is 0.407 e. The Morgan fingerprint density at radius 3 is 2.53 bits per heavy atom. The smallest absolute Gasteiger partial charge is 0.407 e. The van der Waals surface area contributed by atoms with E-state index in [9.17, 15) is 4.79 Å². The molecule has 0 unspecified atom stereocenters. The monoisotopic (exact) mass is 404 g/mol. The molecule has 0 saturated heterocycles. The lowest BCUT2D eigenvalue weighted by Crippen LogP contribution is -2.34. The second-order valence-corrected chi connectivity index (χ2v) is 7.95. The zero-order valence-corrected chi connectivity index (χ0v) is 17.3. The molecule has 2 aromatic carbocycles. The second kappa shape index (κ2) is 9.57. The van der Waals surface area contributed by atoms with Crippen LogP contribution in [-0.2, 0) is 11.3 Å². The van der Waals surface area contributed by atoms with E-state index >= 15 is 0 Å². The molecular weight excluding hydrogens is 376 g/mol. The molecular formula is C24H28N4O2. The normalized spacial score (nSPS) is 18.7. The van der Waals surface area contributed by atoms with Gasteiger partial charge in [0.1, 0.15) is 6.61 Å². The van der Waals surface area contributed by atoms with Gasteiger partial charge in [0.15, 0.2) is 0 Å². The fourth-order valence-electron chi connectivity index (χ4n) is 4.00. The number of nitrogens with zero attached hydrogens (tertiary/aromatic N) is 2. The molecule has 1 amide bonds. The first-order valence-corrected chi connectivity index (χ1v) is 10.6. The second-order valence-electron chi connectivity index (χ2n) is 7.95. The number of aryl methyl sites for hydroxylation is 1. The Kier molecular flexibility index (Phi) is 6.42. The van der Waals surface area contributed by atoms with Crippen molar-refractivity contribution in [2.75, 3.05) is 11.9 Å². The van der Waals surface area contributed by atoms with E-state index in [-0.39, 0.29) is 6.09 Å². The molecule has 6 heteroatoms. The van der Waals surface area contributed by atoms with Crippen molar-refractivity contribution in [2.45, 2.75) is 45.3 Å². The predicted molar refractivity (Wildman–Crippen MR) is 118 cm³/mol. The third-order valence-electron chi connectivity index (χ3n) is 5.72. The number of rotatable bonds is 6. The Hall–Kier alpha value is -3.15. The molecule has 2 N–H and O–H groups in total. The number of carbonyl (C=O) groups is 1. The minimum absolute atomic E-state index is 0.300. The number of carbonyl (C=O) groups excluding carboxylic acids is 1. The number of benzene rings is 2. The van der Waals surface area contributed by atoms with Crippen molar-refractivity contribution in [3.63, 3.8) is 0 Å². The highest BCUT2D eigenvalue weighted by molar-refractivity contribution is 5.81. The van der Waals surface area contributed by atoms with Crippen LogP contribution < -0.4 is 10.6 Å². The molecule has 0 aliphatic heterocycles. The molecule has 0 bridgehead atoms. The van der Waals surface area contributed by atoms with E-state index in [2.05, 4.69) is 26.7 Å². The summed E-state index contributed by atoms with van der Waals surface area (Å²) < 4.78 is 5.29. The maximum absolute atomic E-state index is 11.9. The maximum atomic E-state index is 11.9. The van der Waals surface area contributed by atoms with Gasteiger partial charge in [-0.15, -0.1) is 0 Å². The summed E-state index contributed by atoms with van der Waals surface area (Å²) in [6.07, 6.45) is 3.85. The van der Waals surface area contributed by atoms with Crippen LogP contribution in [0, 0.1) is 12.8 Å². The van der Waals surface area contributed by atoms with E-state index < -0.39 is 0 Å². The van der Waals surface area contributed by atoms with E-state index in [1.807, 2.05) is 55.5 Å². The average molecular weight is 405 g/mol. The highest BCUT2D eigenvalue weighted by Crippen LogP contribution is 2.26. The number of ether oxygens (including phenoxy) is 1. The van der Waals surface area contributed by atoms with Crippen LogP contribution in [0.2, 0.25) is 0 Å². The summed E-state index contributed by atoms with van der Waals surface area (Å²) in [4.78, 5) is 21.2. The lowest BCUT2D eigenvalue weighted by molar-refractivity contribution is 0.136. The minimum Gasteiger partial charge on any atom is -0.445 e. The topological polar surface area (TPSA) is 76.1 Å². The van der Waals surface area contributed by atoms with Crippen LogP contribution in [-0.4, -0.2) is 28.6 Å². The van der Waals surface area contributed by atoms with E-state index in [0.29, 0.717) is 31.1 Å². The average Bonchev–Trinajstić information content (AvgIpc) is 2.78. The zero-order chi connectivity index (χ0) is 20.8. The molecule has 156 valence electrons. The quantitative estimate of drug-likeness (QED) is 0.615. The number of amides is 1. The molecule has 1 aromatic heterocycles. The molecule has 1 fully saturated rings. The number of aromatic nitrogens is 2. The number of para-hydroxylation sites is 1. The summed E-state index contributed by atoms with van der Waals surface area (Å²) in [5.41, 5.74) is 2.96. The van der Waals surface area contributed by atoms with E-state index in [1.165, 1.54) is 0 Å². The summed E-state index contributed by atoms with van der Waals surface area (Å²) in [7, 11) is 0. The van der Waals surface area contributed by atoms with Gasteiger partial charge in [0.25, 0.3) is 0 Å². The Morgan fingerprint density at radius 1 is 1.00 bits per heavy atom. The molecule has 0 spiro atoms. The molecule has 1 aliphatic rings. The lowest BCUT2D eigenvalue weighted by Gasteiger charge is -2.29. The lowest BCUT2D eigenvalue weighted by atomic mass is 9.86. The third-order valence-corrected chi connectivity index (χ3v) is 5.72. The fourth-order valence-corrected chi connectivity index (χ4v) is 4.00. The van der Waals surface area contributed by atoms with Gasteiger partial charge in [-0.1, -0.05) is 48.5 Å². The highest BCUT2D eigenvalue weighted by atomic mass is 16.5. The molecule has 0 radical (unpaired) electrons.